The molecular formula is C21H22F3N3O2. The number of imidazole rings is 1. The number of halogens is 3. The molecule has 1 aromatic heterocycles. The van der Waals surface area contributed by atoms with Crippen molar-refractivity contribution in [3.8, 4) is 5.75 Å². The number of ether oxygens (including phenoxy) is 1. The molecule has 0 atom stereocenters. The van der Waals surface area contributed by atoms with Gasteiger partial charge in [-0.1, -0.05) is 24.3 Å². The summed E-state index contributed by atoms with van der Waals surface area (Å²) in [5, 5.41) is 2.67. The Bertz CT molecular complexity index is 996. The van der Waals surface area contributed by atoms with Gasteiger partial charge >= 0.3 is 6.18 Å². The maximum Gasteiger partial charge on any atom is 0.419 e. The molecule has 0 bridgehead atoms. The second kappa shape index (κ2) is 8.55. The third kappa shape index (κ3) is 4.88. The second-order valence-corrected chi connectivity index (χ2v) is 6.86. The summed E-state index contributed by atoms with van der Waals surface area (Å²) < 4.78 is 46.1. The fraction of sp³-hybridized carbons (Fsp3) is 0.333. The number of hydrogen-bond donors (Lipinski definition) is 1. The van der Waals surface area contributed by atoms with Gasteiger partial charge in [0.05, 0.1) is 16.6 Å². The van der Waals surface area contributed by atoms with Crippen LogP contribution < -0.4 is 10.1 Å². The summed E-state index contributed by atoms with van der Waals surface area (Å²) in [6, 6.07) is 12.8. The third-order valence-corrected chi connectivity index (χ3v) is 4.41. The van der Waals surface area contributed by atoms with E-state index in [2.05, 4.69) is 28.7 Å². The molecule has 29 heavy (non-hydrogen) atoms. The predicted octanol–water partition coefficient (Wildman–Crippen LogP) is 4.37. The lowest BCUT2D eigenvalue weighted by atomic mass is 10.2. The average Bonchev–Trinajstić information content (AvgIpc) is 3.04. The molecule has 0 spiro atoms. The van der Waals surface area contributed by atoms with Crippen LogP contribution in [0.3, 0.4) is 0 Å². The van der Waals surface area contributed by atoms with E-state index >= 15 is 0 Å². The van der Waals surface area contributed by atoms with Gasteiger partial charge in [0.1, 0.15) is 11.6 Å². The Hall–Kier alpha value is -3.03. The molecule has 0 fully saturated rings. The number of hydrogen-bond acceptors (Lipinski definition) is 3. The van der Waals surface area contributed by atoms with Gasteiger partial charge in [-0.2, -0.15) is 13.2 Å². The Labute approximate surface area is 166 Å². The second-order valence-electron chi connectivity index (χ2n) is 6.86. The van der Waals surface area contributed by atoms with Crippen molar-refractivity contribution < 1.29 is 22.7 Å². The van der Waals surface area contributed by atoms with Crippen LogP contribution in [-0.4, -0.2) is 28.6 Å². The maximum absolute atomic E-state index is 13.0. The first-order chi connectivity index (χ1) is 13.8. The highest BCUT2D eigenvalue weighted by molar-refractivity contribution is 5.78. The van der Waals surface area contributed by atoms with Gasteiger partial charge < -0.3 is 14.6 Å². The molecule has 0 aliphatic carbocycles. The van der Waals surface area contributed by atoms with Crippen LogP contribution in [0, 0.1) is 0 Å². The number of nitrogens with zero attached hydrogens (tertiary/aromatic N) is 2. The summed E-state index contributed by atoms with van der Waals surface area (Å²) in [4.78, 5) is 16.6. The summed E-state index contributed by atoms with van der Waals surface area (Å²) in [7, 11) is 0. The molecule has 3 aromatic rings. The van der Waals surface area contributed by atoms with Gasteiger partial charge in [0.25, 0.3) is 5.91 Å². The van der Waals surface area contributed by atoms with Gasteiger partial charge in [-0.15, -0.1) is 0 Å². The highest BCUT2D eigenvalue weighted by atomic mass is 19.4. The molecule has 0 aliphatic rings. The van der Waals surface area contributed by atoms with E-state index in [1.54, 1.807) is 0 Å². The monoisotopic (exact) mass is 405 g/mol. The quantitative estimate of drug-likeness (QED) is 0.635. The van der Waals surface area contributed by atoms with Crippen molar-refractivity contribution in [1.82, 2.24) is 14.9 Å². The van der Waals surface area contributed by atoms with Gasteiger partial charge in [0, 0.05) is 19.0 Å². The van der Waals surface area contributed by atoms with E-state index in [1.807, 2.05) is 24.3 Å². The molecule has 1 amide bonds. The first-order valence-corrected chi connectivity index (χ1v) is 9.29. The molecule has 0 saturated heterocycles. The van der Waals surface area contributed by atoms with E-state index in [0.29, 0.717) is 13.0 Å². The van der Waals surface area contributed by atoms with E-state index in [4.69, 9.17) is 4.74 Å². The van der Waals surface area contributed by atoms with Crippen LogP contribution in [0.15, 0.2) is 48.5 Å². The normalized spacial score (nSPS) is 11.8. The zero-order chi connectivity index (χ0) is 21.0. The molecular weight excluding hydrogens is 383 g/mol. The fourth-order valence-electron chi connectivity index (χ4n) is 3.18. The molecule has 1 N–H and O–H groups in total. The van der Waals surface area contributed by atoms with Crippen LogP contribution in [0.1, 0.15) is 31.3 Å². The molecule has 8 heteroatoms. The molecule has 3 rings (SSSR count). The van der Waals surface area contributed by atoms with Crippen molar-refractivity contribution in [1.29, 1.82) is 0 Å². The number of nitrogens with one attached hydrogen (secondary N) is 1. The number of alkyl halides is 3. The van der Waals surface area contributed by atoms with Crippen LogP contribution in [0.2, 0.25) is 0 Å². The minimum atomic E-state index is -4.54. The molecule has 2 aromatic carbocycles. The smallest absolute Gasteiger partial charge is 0.419 e. The fourth-order valence-corrected chi connectivity index (χ4v) is 3.18. The van der Waals surface area contributed by atoms with Gasteiger partial charge in [0.2, 0.25) is 0 Å². The Morgan fingerprint density at radius 3 is 2.55 bits per heavy atom. The van der Waals surface area contributed by atoms with Gasteiger partial charge in [0.15, 0.2) is 6.61 Å². The summed E-state index contributed by atoms with van der Waals surface area (Å²) in [6.45, 7) is 3.93. The molecule has 0 radical (unpaired) electrons. The molecule has 5 nitrogen and oxygen atoms in total. The summed E-state index contributed by atoms with van der Waals surface area (Å²) in [5.74, 6) is -0.0178. The number of para-hydroxylation sites is 3. The van der Waals surface area contributed by atoms with Crippen molar-refractivity contribution in [2.45, 2.75) is 32.5 Å². The first-order valence-electron chi connectivity index (χ1n) is 9.29. The number of carbonyl (C=O) groups is 1. The van der Waals surface area contributed by atoms with E-state index in [1.165, 1.54) is 18.2 Å². The van der Waals surface area contributed by atoms with Gasteiger partial charge in [-0.25, -0.2) is 4.98 Å². The van der Waals surface area contributed by atoms with Crippen molar-refractivity contribution in [2.24, 2.45) is 0 Å². The Kier molecular flexibility index (Phi) is 6.10. The lowest BCUT2D eigenvalue weighted by Crippen LogP contribution is -2.31. The number of carbonyl (C=O) groups excluding carboxylic acids is 1. The maximum atomic E-state index is 13.0. The number of rotatable bonds is 7. The van der Waals surface area contributed by atoms with Crippen molar-refractivity contribution in [3.63, 3.8) is 0 Å². The van der Waals surface area contributed by atoms with Gasteiger partial charge in [-0.05, 0) is 38.1 Å². The van der Waals surface area contributed by atoms with Crippen molar-refractivity contribution in [3.05, 3.63) is 59.9 Å². The SMILES string of the molecule is CC(C)n1c(CCNC(=O)COc2ccccc2C(F)(F)F)nc2ccccc21. The van der Waals surface area contributed by atoms with E-state index < -0.39 is 24.3 Å². The van der Waals surface area contributed by atoms with Crippen LogP contribution >= 0.6 is 0 Å². The highest BCUT2D eigenvalue weighted by Crippen LogP contribution is 2.35. The summed E-state index contributed by atoms with van der Waals surface area (Å²) in [6.07, 6.45) is -4.04. The first kappa shape index (κ1) is 20.7. The minimum Gasteiger partial charge on any atom is -0.483 e. The molecule has 0 aliphatic heterocycles. The summed E-state index contributed by atoms with van der Waals surface area (Å²) >= 11 is 0. The Morgan fingerprint density at radius 1 is 1.14 bits per heavy atom. The van der Waals surface area contributed by atoms with Gasteiger partial charge in [-0.3, -0.25) is 4.79 Å². The molecule has 0 saturated carbocycles. The zero-order valence-electron chi connectivity index (χ0n) is 16.2. The lowest BCUT2D eigenvalue weighted by molar-refractivity contribution is -0.139. The minimum absolute atomic E-state index is 0.204. The van der Waals surface area contributed by atoms with Crippen LogP contribution in [-0.2, 0) is 17.4 Å². The molecule has 1 heterocycles. The largest absolute Gasteiger partial charge is 0.483 e. The van der Waals surface area contributed by atoms with E-state index in [-0.39, 0.29) is 11.8 Å². The van der Waals surface area contributed by atoms with Crippen LogP contribution in [0.4, 0.5) is 13.2 Å². The molecule has 0 unspecified atom stereocenters. The highest BCUT2D eigenvalue weighted by Gasteiger charge is 2.34. The number of fused-ring (bicyclic) bond motifs is 1. The Morgan fingerprint density at radius 2 is 1.83 bits per heavy atom. The third-order valence-electron chi connectivity index (χ3n) is 4.41. The lowest BCUT2D eigenvalue weighted by Gasteiger charge is -2.14. The van der Waals surface area contributed by atoms with Crippen molar-refractivity contribution in [2.75, 3.05) is 13.2 Å². The standard InChI is InChI=1S/C21H22F3N3O2/c1-14(2)27-17-9-5-4-8-16(17)26-19(27)11-12-25-20(28)13-29-18-10-6-3-7-15(18)21(22,23)24/h3-10,14H,11-13H2,1-2H3,(H,25,28). The number of amides is 1. The zero-order valence-corrected chi connectivity index (χ0v) is 16.2. The number of benzene rings is 2. The van der Waals surface area contributed by atoms with Crippen molar-refractivity contribution >= 4 is 16.9 Å². The Balaban J connectivity index is 1.58. The van der Waals surface area contributed by atoms with E-state index in [0.717, 1.165) is 22.9 Å². The van der Waals surface area contributed by atoms with Crippen LogP contribution in [0.5, 0.6) is 5.75 Å². The van der Waals surface area contributed by atoms with Crippen LogP contribution in [0.25, 0.3) is 11.0 Å². The molecule has 154 valence electrons. The average molecular weight is 405 g/mol. The topological polar surface area (TPSA) is 56.2 Å². The summed E-state index contributed by atoms with van der Waals surface area (Å²) in [5.41, 5.74) is 1.00. The number of aromatic nitrogens is 2. The predicted molar refractivity (Wildman–Crippen MR) is 104 cm³/mol. The van der Waals surface area contributed by atoms with E-state index in [9.17, 15) is 18.0 Å².